The third-order valence-electron chi connectivity index (χ3n) is 4.48. The number of aryl methyl sites for hydroxylation is 2. The highest BCUT2D eigenvalue weighted by Crippen LogP contribution is 2.45. The van der Waals surface area contributed by atoms with Gasteiger partial charge in [-0.2, -0.15) is 16.9 Å². The van der Waals surface area contributed by atoms with Gasteiger partial charge in [0.2, 0.25) is 0 Å². The number of nitrogens with one attached hydrogen (secondary N) is 1. The minimum Gasteiger partial charge on any atom is -0.383 e. The van der Waals surface area contributed by atoms with Crippen LogP contribution in [0.5, 0.6) is 0 Å². The van der Waals surface area contributed by atoms with E-state index in [9.17, 15) is 0 Å². The van der Waals surface area contributed by atoms with E-state index < -0.39 is 0 Å². The molecular weight excluding hydrogens is 284 g/mol. The van der Waals surface area contributed by atoms with Crippen molar-refractivity contribution in [3.05, 3.63) is 17.5 Å². The first-order valence-corrected chi connectivity index (χ1v) is 8.66. The number of aromatic nitrogens is 2. The summed E-state index contributed by atoms with van der Waals surface area (Å²) in [6, 6.07) is 0.660. The number of rotatable bonds is 6. The molecular formula is C15H26N4OS. The first-order chi connectivity index (χ1) is 10.1. The van der Waals surface area contributed by atoms with Crippen molar-refractivity contribution >= 4 is 11.8 Å². The maximum atomic E-state index is 5.11. The zero-order valence-electron chi connectivity index (χ0n) is 13.3. The van der Waals surface area contributed by atoms with E-state index >= 15 is 0 Å². The van der Waals surface area contributed by atoms with Crippen molar-refractivity contribution in [3.63, 3.8) is 0 Å². The van der Waals surface area contributed by atoms with Crippen molar-refractivity contribution in [2.75, 3.05) is 39.1 Å². The van der Waals surface area contributed by atoms with Crippen molar-refractivity contribution in [2.45, 2.75) is 30.7 Å². The fourth-order valence-electron chi connectivity index (χ4n) is 3.49. The lowest BCUT2D eigenvalue weighted by atomic mass is 9.91. The first kappa shape index (κ1) is 15.3. The molecule has 0 aliphatic carbocycles. The van der Waals surface area contributed by atoms with Gasteiger partial charge in [-0.05, 0) is 13.3 Å². The molecule has 6 heteroatoms. The van der Waals surface area contributed by atoms with E-state index in [2.05, 4.69) is 40.2 Å². The van der Waals surface area contributed by atoms with Gasteiger partial charge in [-0.25, -0.2) is 0 Å². The summed E-state index contributed by atoms with van der Waals surface area (Å²) in [7, 11) is 3.76. The molecule has 1 aromatic rings. The summed E-state index contributed by atoms with van der Waals surface area (Å²) in [6.45, 7) is 7.36. The van der Waals surface area contributed by atoms with E-state index in [0.29, 0.717) is 10.8 Å². The summed E-state index contributed by atoms with van der Waals surface area (Å²) in [6.07, 6.45) is 3.45. The average molecular weight is 310 g/mol. The van der Waals surface area contributed by atoms with E-state index in [0.717, 1.165) is 25.4 Å². The SMILES string of the molecule is COCCNC1CSC2(C1)CN(Cc1cn(C)nc1C)C2. The summed E-state index contributed by atoms with van der Waals surface area (Å²) in [5.74, 6) is 1.24. The molecule has 2 saturated heterocycles. The summed E-state index contributed by atoms with van der Waals surface area (Å²) in [4.78, 5) is 2.55. The number of nitrogens with zero attached hydrogens (tertiary/aromatic N) is 3. The summed E-state index contributed by atoms with van der Waals surface area (Å²) in [5.41, 5.74) is 2.53. The van der Waals surface area contributed by atoms with E-state index in [-0.39, 0.29) is 0 Å². The standard InChI is InChI=1S/C15H26N4OS/c1-12-13(7-18(2)17-12)8-19-10-15(11-19)6-14(9-21-15)16-4-5-20-3/h7,14,16H,4-6,8-11H2,1-3H3. The van der Waals surface area contributed by atoms with Gasteiger partial charge < -0.3 is 10.1 Å². The Morgan fingerprint density at radius 1 is 1.52 bits per heavy atom. The van der Waals surface area contributed by atoms with E-state index in [1.165, 1.54) is 30.8 Å². The average Bonchev–Trinajstić information content (AvgIpc) is 2.94. The minimum atomic E-state index is 0.501. The summed E-state index contributed by atoms with van der Waals surface area (Å²) >= 11 is 2.16. The Bertz CT molecular complexity index is 484. The van der Waals surface area contributed by atoms with Gasteiger partial charge in [-0.3, -0.25) is 9.58 Å². The smallest absolute Gasteiger partial charge is 0.0638 e. The van der Waals surface area contributed by atoms with Gasteiger partial charge in [-0.15, -0.1) is 0 Å². The van der Waals surface area contributed by atoms with Gasteiger partial charge in [0.05, 0.1) is 12.3 Å². The monoisotopic (exact) mass is 310 g/mol. The molecule has 2 aliphatic rings. The predicted octanol–water partition coefficient (Wildman–Crippen LogP) is 1.02. The predicted molar refractivity (Wildman–Crippen MR) is 86.7 cm³/mol. The van der Waals surface area contributed by atoms with E-state index in [1.807, 2.05) is 11.7 Å². The maximum Gasteiger partial charge on any atom is 0.0638 e. The Morgan fingerprint density at radius 2 is 2.33 bits per heavy atom. The molecule has 1 unspecified atom stereocenters. The maximum absolute atomic E-state index is 5.11. The number of likely N-dealkylation sites (tertiary alicyclic amines) is 1. The van der Waals surface area contributed by atoms with Crippen LogP contribution < -0.4 is 5.32 Å². The number of hydrogen-bond acceptors (Lipinski definition) is 5. The molecule has 1 N–H and O–H groups in total. The molecule has 0 aromatic carbocycles. The van der Waals surface area contributed by atoms with Gasteiger partial charge in [0.15, 0.2) is 0 Å². The van der Waals surface area contributed by atoms with Crippen LogP contribution in [0.1, 0.15) is 17.7 Å². The van der Waals surface area contributed by atoms with Crippen molar-refractivity contribution in [2.24, 2.45) is 7.05 Å². The van der Waals surface area contributed by atoms with Crippen LogP contribution in [0.2, 0.25) is 0 Å². The third kappa shape index (κ3) is 3.44. The number of thioether (sulfide) groups is 1. The second kappa shape index (κ2) is 6.28. The van der Waals surface area contributed by atoms with Crippen molar-refractivity contribution in [1.82, 2.24) is 20.0 Å². The van der Waals surface area contributed by atoms with Crippen LogP contribution in [0, 0.1) is 6.92 Å². The minimum absolute atomic E-state index is 0.501. The number of methoxy groups -OCH3 is 1. The molecule has 5 nitrogen and oxygen atoms in total. The van der Waals surface area contributed by atoms with Crippen LogP contribution in [0.3, 0.4) is 0 Å². The molecule has 0 radical (unpaired) electrons. The third-order valence-corrected chi connectivity index (χ3v) is 6.09. The molecule has 118 valence electrons. The molecule has 2 aliphatic heterocycles. The zero-order valence-corrected chi connectivity index (χ0v) is 14.1. The van der Waals surface area contributed by atoms with E-state index in [1.54, 1.807) is 7.11 Å². The fourth-order valence-corrected chi connectivity index (χ4v) is 5.14. The molecule has 21 heavy (non-hydrogen) atoms. The molecule has 1 aromatic heterocycles. The lowest BCUT2D eigenvalue weighted by Gasteiger charge is -2.47. The van der Waals surface area contributed by atoms with E-state index in [4.69, 9.17) is 4.74 Å². The summed E-state index contributed by atoms with van der Waals surface area (Å²) in [5, 5.41) is 8.03. The van der Waals surface area contributed by atoms with Crippen LogP contribution in [-0.4, -0.2) is 64.6 Å². The van der Waals surface area contributed by atoms with Gasteiger partial charge in [-0.1, -0.05) is 0 Å². The Balaban J connectivity index is 1.44. The van der Waals surface area contributed by atoms with Gasteiger partial charge in [0, 0.05) is 68.6 Å². The molecule has 1 atom stereocenters. The van der Waals surface area contributed by atoms with Crippen LogP contribution in [-0.2, 0) is 18.3 Å². The molecule has 0 bridgehead atoms. The molecule has 0 saturated carbocycles. The van der Waals surface area contributed by atoms with Crippen molar-refractivity contribution in [1.29, 1.82) is 0 Å². The van der Waals surface area contributed by atoms with Gasteiger partial charge >= 0.3 is 0 Å². The van der Waals surface area contributed by atoms with Gasteiger partial charge in [0.25, 0.3) is 0 Å². The lowest BCUT2D eigenvalue weighted by Crippen LogP contribution is -2.58. The number of hydrogen-bond donors (Lipinski definition) is 1. The quantitative estimate of drug-likeness (QED) is 0.795. The van der Waals surface area contributed by atoms with Crippen LogP contribution >= 0.6 is 11.8 Å². The fraction of sp³-hybridized carbons (Fsp3) is 0.800. The van der Waals surface area contributed by atoms with Crippen LogP contribution in [0.15, 0.2) is 6.20 Å². The van der Waals surface area contributed by atoms with Crippen molar-refractivity contribution in [3.8, 4) is 0 Å². The lowest BCUT2D eigenvalue weighted by molar-refractivity contribution is 0.111. The topological polar surface area (TPSA) is 42.3 Å². The zero-order chi connectivity index (χ0) is 14.9. The van der Waals surface area contributed by atoms with Gasteiger partial charge in [0.1, 0.15) is 0 Å². The highest BCUT2D eigenvalue weighted by Gasteiger charge is 2.48. The molecule has 0 amide bonds. The Hall–Kier alpha value is -0.560. The van der Waals surface area contributed by atoms with Crippen LogP contribution in [0.25, 0.3) is 0 Å². The normalized spacial score (nSPS) is 24.6. The molecule has 1 spiro atoms. The Kier molecular flexibility index (Phi) is 4.59. The summed E-state index contributed by atoms with van der Waals surface area (Å²) < 4.78 is 7.52. The highest BCUT2D eigenvalue weighted by atomic mass is 32.2. The van der Waals surface area contributed by atoms with Crippen molar-refractivity contribution < 1.29 is 4.74 Å². The Morgan fingerprint density at radius 3 is 3.00 bits per heavy atom. The first-order valence-electron chi connectivity index (χ1n) is 7.68. The second-order valence-corrected chi connectivity index (χ2v) is 7.89. The largest absolute Gasteiger partial charge is 0.383 e. The molecule has 3 heterocycles. The van der Waals surface area contributed by atoms with Crippen LogP contribution in [0.4, 0.5) is 0 Å². The Labute approximate surface area is 131 Å². The molecule has 2 fully saturated rings. The number of ether oxygens (including phenoxy) is 1. The highest BCUT2D eigenvalue weighted by molar-refractivity contribution is 8.01. The second-order valence-electron chi connectivity index (χ2n) is 6.40. The molecule has 3 rings (SSSR count).